The standard InChI is InChI=1S/C20H15BrCl2N4/c1-12(13-6-8-14(22)9-7-13)25-19-20-24-10-18(21)27(20)11-17(26-19)15-4-2-3-5-16(15)23/h2-12H,1H3,(H,25,26). The number of hydrogen-bond acceptors (Lipinski definition) is 3. The van der Waals surface area contributed by atoms with Gasteiger partial charge in [0.15, 0.2) is 11.5 Å². The number of hydrogen-bond donors (Lipinski definition) is 1. The molecule has 0 aliphatic rings. The van der Waals surface area contributed by atoms with Gasteiger partial charge in [0.05, 0.1) is 23.0 Å². The third-order valence-corrected chi connectivity index (χ3v) is 5.49. The maximum atomic E-state index is 6.38. The van der Waals surface area contributed by atoms with Crippen LogP contribution in [0.2, 0.25) is 10.0 Å². The molecule has 7 heteroatoms. The number of nitrogens with one attached hydrogen (secondary N) is 1. The number of fused-ring (bicyclic) bond motifs is 1. The fourth-order valence-corrected chi connectivity index (χ4v) is 3.63. The largest absolute Gasteiger partial charge is 0.360 e. The van der Waals surface area contributed by atoms with Gasteiger partial charge in [-0.2, -0.15) is 0 Å². The summed E-state index contributed by atoms with van der Waals surface area (Å²) in [6.45, 7) is 2.07. The van der Waals surface area contributed by atoms with Crippen LogP contribution < -0.4 is 5.32 Å². The van der Waals surface area contributed by atoms with Gasteiger partial charge in [0.1, 0.15) is 4.60 Å². The number of imidazole rings is 1. The number of aromatic nitrogens is 3. The van der Waals surface area contributed by atoms with E-state index in [1.54, 1.807) is 6.20 Å². The van der Waals surface area contributed by atoms with Crippen LogP contribution in [0.15, 0.2) is 65.5 Å². The van der Waals surface area contributed by atoms with Crippen molar-refractivity contribution in [2.75, 3.05) is 5.32 Å². The molecule has 0 saturated carbocycles. The average Bonchev–Trinajstić information content (AvgIpc) is 3.04. The second-order valence-corrected chi connectivity index (χ2v) is 7.80. The van der Waals surface area contributed by atoms with Crippen molar-refractivity contribution in [2.24, 2.45) is 0 Å². The molecule has 0 aliphatic carbocycles. The average molecular weight is 462 g/mol. The molecule has 0 amide bonds. The zero-order chi connectivity index (χ0) is 19.0. The van der Waals surface area contributed by atoms with E-state index < -0.39 is 0 Å². The fraction of sp³-hybridized carbons (Fsp3) is 0.100. The summed E-state index contributed by atoms with van der Waals surface area (Å²) in [6.07, 6.45) is 3.68. The Morgan fingerprint density at radius 2 is 1.81 bits per heavy atom. The lowest BCUT2D eigenvalue weighted by molar-refractivity contribution is 0.873. The summed E-state index contributed by atoms with van der Waals surface area (Å²) in [7, 11) is 0. The highest BCUT2D eigenvalue weighted by Crippen LogP contribution is 2.31. The number of nitrogens with zero attached hydrogens (tertiary/aromatic N) is 3. The summed E-state index contributed by atoms with van der Waals surface area (Å²) >= 11 is 15.9. The molecule has 2 aromatic carbocycles. The van der Waals surface area contributed by atoms with E-state index in [0.29, 0.717) is 15.9 Å². The van der Waals surface area contributed by atoms with Gasteiger partial charge in [-0.15, -0.1) is 0 Å². The van der Waals surface area contributed by atoms with Crippen LogP contribution in [0.3, 0.4) is 0 Å². The molecule has 0 radical (unpaired) electrons. The molecule has 136 valence electrons. The molecule has 1 atom stereocenters. The Hall–Kier alpha value is -2.08. The zero-order valence-electron chi connectivity index (χ0n) is 14.3. The summed E-state index contributed by atoms with van der Waals surface area (Å²) < 4.78 is 2.79. The van der Waals surface area contributed by atoms with Crippen LogP contribution in [0.4, 0.5) is 5.82 Å². The third-order valence-electron chi connectivity index (χ3n) is 4.32. The predicted molar refractivity (Wildman–Crippen MR) is 115 cm³/mol. The lowest BCUT2D eigenvalue weighted by Crippen LogP contribution is -2.10. The maximum Gasteiger partial charge on any atom is 0.181 e. The molecule has 2 aromatic heterocycles. The Morgan fingerprint density at radius 1 is 1.07 bits per heavy atom. The van der Waals surface area contributed by atoms with Crippen molar-refractivity contribution >= 4 is 50.6 Å². The van der Waals surface area contributed by atoms with Crippen LogP contribution in [-0.2, 0) is 0 Å². The van der Waals surface area contributed by atoms with Crippen molar-refractivity contribution in [3.05, 3.63) is 81.1 Å². The number of halogens is 3. The Balaban J connectivity index is 1.79. The van der Waals surface area contributed by atoms with Crippen LogP contribution in [0.25, 0.3) is 16.9 Å². The van der Waals surface area contributed by atoms with E-state index >= 15 is 0 Å². The Kier molecular flexibility index (Phi) is 5.08. The van der Waals surface area contributed by atoms with E-state index in [9.17, 15) is 0 Å². The number of benzene rings is 2. The minimum Gasteiger partial charge on any atom is -0.360 e. The van der Waals surface area contributed by atoms with E-state index in [-0.39, 0.29) is 6.04 Å². The van der Waals surface area contributed by atoms with Crippen molar-refractivity contribution in [3.8, 4) is 11.3 Å². The molecule has 0 spiro atoms. The van der Waals surface area contributed by atoms with Gasteiger partial charge in [0.25, 0.3) is 0 Å². The van der Waals surface area contributed by atoms with Crippen LogP contribution in [0.1, 0.15) is 18.5 Å². The molecule has 1 N–H and O–H groups in total. The molecular weight excluding hydrogens is 447 g/mol. The van der Waals surface area contributed by atoms with Gasteiger partial charge in [-0.1, -0.05) is 53.5 Å². The minimum absolute atomic E-state index is 0.0236. The van der Waals surface area contributed by atoms with Gasteiger partial charge in [0.2, 0.25) is 0 Å². The monoisotopic (exact) mass is 460 g/mol. The fourth-order valence-electron chi connectivity index (χ4n) is 2.90. The topological polar surface area (TPSA) is 42.2 Å². The first-order valence-corrected chi connectivity index (χ1v) is 9.88. The Morgan fingerprint density at radius 3 is 2.56 bits per heavy atom. The van der Waals surface area contributed by atoms with Gasteiger partial charge in [-0.25, -0.2) is 9.97 Å². The molecule has 0 saturated heterocycles. The molecule has 4 aromatic rings. The van der Waals surface area contributed by atoms with E-state index in [2.05, 4.69) is 33.2 Å². The smallest absolute Gasteiger partial charge is 0.181 e. The molecule has 4 nitrogen and oxygen atoms in total. The van der Waals surface area contributed by atoms with Gasteiger partial charge < -0.3 is 5.32 Å². The number of rotatable bonds is 4. The zero-order valence-corrected chi connectivity index (χ0v) is 17.4. The van der Waals surface area contributed by atoms with Crippen molar-refractivity contribution in [1.29, 1.82) is 0 Å². The van der Waals surface area contributed by atoms with Crippen molar-refractivity contribution < 1.29 is 0 Å². The van der Waals surface area contributed by atoms with E-state index in [1.165, 1.54) is 0 Å². The lowest BCUT2D eigenvalue weighted by atomic mass is 10.1. The third kappa shape index (κ3) is 3.68. The second-order valence-electron chi connectivity index (χ2n) is 6.15. The van der Waals surface area contributed by atoms with E-state index in [0.717, 1.165) is 27.1 Å². The first-order valence-electron chi connectivity index (χ1n) is 8.33. The van der Waals surface area contributed by atoms with Crippen LogP contribution in [-0.4, -0.2) is 14.4 Å². The van der Waals surface area contributed by atoms with Gasteiger partial charge in [0, 0.05) is 16.8 Å². The number of anilines is 1. The molecule has 0 fully saturated rings. The second kappa shape index (κ2) is 7.50. The normalized spacial score (nSPS) is 12.3. The van der Waals surface area contributed by atoms with Crippen molar-refractivity contribution in [3.63, 3.8) is 0 Å². The maximum absolute atomic E-state index is 6.38. The summed E-state index contributed by atoms with van der Waals surface area (Å²) in [5.74, 6) is 0.681. The SMILES string of the molecule is CC(Nc1nc(-c2ccccc2Cl)cn2c(Br)cnc12)c1ccc(Cl)cc1. The highest BCUT2D eigenvalue weighted by molar-refractivity contribution is 9.10. The van der Waals surface area contributed by atoms with E-state index in [1.807, 2.05) is 59.1 Å². The summed E-state index contributed by atoms with van der Waals surface area (Å²) in [6, 6.07) is 15.4. The summed E-state index contributed by atoms with van der Waals surface area (Å²) in [5, 5.41) is 4.82. The van der Waals surface area contributed by atoms with Crippen LogP contribution in [0, 0.1) is 0 Å². The minimum atomic E-state index is 0.0236. The Labute approximate surface area is 175 Å². The molecule has 2 heterocycles. The molecule has 0 aliphatic heterocycles. The summed E-state index contributed by atoms with van der Waals surface area (Å²) in [5.41, 5.74) is 3.47. The summed E-state index contributed by atoms with van der Waals surface area (Å²) in [4.78, 5) is 9.28. The first-order chi connectivity index (χ1) is 13.0. The van der Waals surface area contributed by atoms with E-state index in [4.69, 9.17) is 28.2 Å². The Bertz CT molecular complexity index is 1110. The molecule has 4 rings (SSSR count). The van der Waals surface area contributed by atoms with Crippen LogP contribution >= 0.6 is 39.1 Å². The lowest BCUT2D eigenvalue weighted by Gasteiger charge is -2.17. The van der Waals surface area contributed by atoms with Gasteiger partial charge >= 0.3 is 0 Å². The highest BCUT2D eigenvalue weighted by Gasteiger charge is 2.15. The van der Waals surface area contributed by atoms with Crippen LogP contribution in [0.5, 0.6) is 0 Å². The molecular formula is C20H15BrCl2N4. The quantitative estimate of drug-likeness (QED) is 0.370. The predicted octanol–water partition coefficient (Wildman–Crippen LogP) is 6.64. The molecule has 1 unspecified atom stereocenters. The molecule has 0 bridgehead atoms. The molecule has 27 heavy (non-hydrogen) atoms. The van der Waals surface area contributed by atoms with Gasteiger partial charge in [-0.3, -0.25) is 4.40 Å². The van der Waals surface area contributed by atoms with Gasteiger partial charge in [-0.05, 0) is 46.6 Å². The highest BCUT2D eigenvalue weighted by atomic mass is 79.9. The van der Waals surface area contributed by atoms with Crippen molar-refractivity contribution in [2.45, 2.75) is 13.0 Å². The first kappa shape index (κ1) is 18.3. The van der Waals surface area contributed by atoms with Crippen molar-refractivity contribution in [1.82, 2.24) is 14.4 Å².